The van der Waals surface area contributed by atoms with Gasteiger partial charge in [0.15, 0.2) is 0 Å². The highest BCUT2D eigenvalue weighted by atomic mass is 32.2. The van der Waals surface area contributed by atoms with E-state index in [1.54, 1.807) is 6.26 Å². The molecule has 0 radical (unpaired) electrons. The summed E-state index contributed by atoms with van der Waals surface area (Å²) in [6.45, 7) is 5.44. The molecule has 0 heterocycles. The molecule has 0 aliphatic rings. The molecular weight excluding hydrogens is 176 g/mol. The number of hydrogen-bond acceptors (Lipinski definition) is 3. The largest absolute Gasteiger partial charge is 0.617 e. The maximum atomic E-state index is 11.0. The molecule has 0 aromatic carbocycles. The molecule has 3 nitrogen and oxygen atoms in total. The maximum Gasteiger partial charge on any atom is 0.311 e. The number of ether oxygens (including phenoxy) is 1. The van der Waals surface area contributed by atoms with Crippen molar-refractivity contribution in [3.8, 4) is 0 Å². The zero-order valence-corrected chi connectivity index (χ0v) is 8.86. The van der Waals surface area contributed by atoms with E-state index in [0.717, 1.165) is 0 Å². The summed E-state index contributed by atoms with van der Waals surface area (Å²) in [6, 6.07) is 0. The monoisotopic (exact) mass is 192 g/mol. The van der Waals surface area contributed by atoms with Crippen LogP contribution in [0.4, 0.5) is 0 Å². The summed E-state index contributed by atoms with van der Waals surface area (Å²) in [7, 11) is 0. The fraction of sp³-hybridized carbons (Fsp3) is 0.875. The molecule has 0 aliphatic carbocycles. The summed E-state index contributed by atoms with van der Waals surface area (Å²) in [5.41, 5.74) is -0.438. The van der Waals surface area contributed by atoms with Gasteiger partial charge in [0.2, 0.25) is 0 Å². The smallest absolute Gasteiger partial charge is 0.311 e. The Kier molecular flexibility index (Phi) is 4.63. The van der Waals surface area contributed by atoms with Crippen molar-refractivity contribution < 1.29 is 14.1 Å². The second-order valence-corrected chi connectivity index (χ2v) is 5.17. The third-order valence-corrected chi connectivity index (χ3v) is 1.79. The molecule has 0 N–H and O–H groups in total. The molecule has 0 saturated heterocycles. The summed E-state index contributed by atoms with van der Waals surface area (Å²) < 4.78 is 15.6. The third-order valence-electron chi connectivity index (χ3n) is 1.01. The van der Waals surface area contributed by atoms with E-state index in [0.29, 0.717) is 5.75 Å². The summed E-state index contributed by atoms with van der Waals surface area (Å²) in [5, 5.41) is 0. The van der Waals surface area contributed by atoms with Crippen molar-refractivity contribution in [3.05, 3.63) is 0 Å². The van der Waals surface area contributed by atoms with Crippen molar-refractivity contribution >= 4 is 17.1 Å². The normalized spacial score (nSPS) is 14.1. The van der Waals surface area contributed by atoms with E-state index < -0.39 is 16.8 Å². The third kappa shape index (κ3) is 7.88. The minimum atomic E-state index is -0.915. The van der Waals surface area contributed by atoms with Gasteiger partial charge in [0, 0.05) is 0 Å². The number of hydrogen-bond donors (Lipinski definition) is 0. The van der Waals surface area contributed by atoms with Crippen molar-refractivity contribution in [2.75, 3.05) is 12.0 Å². The average Bonchev–Trinajstić information content (AvgIpc) is 1.79. The van der Waals surface area contributed by atoms with E-state index >= 15 is 0 Å². The van der Waals surface area contributed by atoms with E-state index in [1.165, 1.54) is 0 Å². The predicted molar refractivity (Wildman–Crippen MR) is 49.4 cm³/mol. The first-order valence-electron chi connectivity index (χ1n) is 3.83. The first-order valence-corrected chi connectivity index (χ1v) is 5.56. The number of carbonyl (C=O) groups excluding carboxylic acids is 1. The van der Waals surface area contributed by atoms with Crippen LogP contribution in [-0.2, 0) is 20.7 Å². The van der Waals surface area contributed by atoms with Crippen LogP contribution in [0.25, 0.3) is 0 Å². The van der Waals surface area contributed by atoms with Crippen LogP contribution in [0.2, 0.25) is 0 Å². The lowest BCUT2D eigenvalue weighted by Gasteiger charge is -2.19. The molecule has 0 amide bonds. The van der Waals surface area contributed by atoms with Gasteiger partial charge >= 0.3 is 5.97 Å². The van der Waals surface area contributed by atoms with E-state index in [4.69, 9.17) is 4.74 Å². The minimum absolute atomic E-state index is 0.236. The summed E-state index contributed by atoms with van der Waals surface area (Å²) >= 11 is -0.915. The van der Waals surface area contributed by atoms with Gasteiger partial charge in [-0.1, -0.05) is 11.2 Å². The lowest BCUT2D eigenvalue weighted by Crippen LogP contribution is -2.25. The Hall–Kier alpha value is -0.220. The Morgan fingerprint density at radius 2 is 2.00 bits per heavy atom. The molecule has 0 aromatic rings. The Bertz CT molecular complexity index is 149. The number of esters is 1. The van der Waals surface area contributed by atoms with Crippen molar-refractivity contribution in [3.63, 3.8) is 0 Å². The van der Waals surface area contributed by atoms with Crippen molar-refractivity contribution in [2.45, 2.75) is 32.8 Å². The van der Waals surface area contributed by atoms with Crippen LogP contribution >= 0.6 is 0 Å². The fourth-order valence-electron chi connectivity index (χ4n) is 0.620. The second kappa shape index (κ2) is 4.72. The number of rotatable bonds is 3. The van der Waals surface area contributed by atoms with E-state index in [1.807, 2.05) is 20.8 Å². The molecule has 0 aliphatic heterocycles. The van der Waals surface area contributed by atoms with Gasteiger partial charge in [-0.05, 0) is 20.8 Å². The van der Waals surface area contributed by atoms with Crippen LogP contribution in [0.1, 0.15) is 27.2 Å². The topological polar surface area (TPSA) is 49.4 Å². The van der Waals surface area contributed by atoms with Crippen LogP contribution in [0.3, 0.4) is 0 Å². The molecule has 0 saturated carbocycles. The van der Waals surface area contributed by atoms with Gasteiger partial charge in [-0.2, -0.15) is 0 Å². The van der Waals surface area contributed by atoms with Crippen LogP contribution < -0.4 is 0 Å². The predicted octanol–water partition coefficient (Wildman–Crippen LogP) is 1.10. The van der Waals surface area contributed by atoms with E-state index in [-0.39, 0.29) is 12.4 Å². The zero-order valence-electron chi connectivity index (χ0n) is 8.05. The molecule has 0 rings (SSSR count). The highest BCUT2D eigenvalue weighted by molar-refractivity contribution is 7.90. The van der Waals surface area contributed by atoms with Crippen LogP contribution in [0.5, 0.6) is 0 Å². The molecule has 1 atom stereocenters. The van der Waals surface area contributed by atoms with Gasteiger partial charge in [0.1, 0.15) is 11.4 Å². The first kappa shape index (κ1) is 11.8. The summed E-state index contributed by atoms with van der Waals surface area (Å²) in [6.07, 6.45) is 1.81. The minimum Gasteiger partial charge on any atom is -0.617 e. The number of carbonyl (C=O) groups is 1. The van der Waals surface area contributed by atoms with Crippen molar-refractivity contribution in [1.29, 1.82) is 0 Å². The lowest BCUT2D eigenvalue weighted by atomic mass is 10.2. The highest BCUT2D eigenvalue weighted by Gasteiger charge is 2.16. The van der Waals surface area contributed by atoms with Gasteiger partial charge < -0.3 is 9.29 Å². The molecule has 0 aromatic heterocycles. The maximum absolute atomic E-state index is 11.0. The molecular formula is C8H16O3S. The van der Waals surface area contributed by atoms with Crippen LogP contribution in [0, 0.1) is 0 Å². The van der Waals surface area contributed by atoms with Gasteiger partial charge in [0.25, 0.3) is 0 Å². The summed E-state index contributed by atoms with van der Waals surface area (Å²) in [4.78, 5) is 11.0. The quantitative estimate of drug-likeness (QED) is 0.497. The van der Waals surface area contributed by atoms with Gasteiger partial charge in [0.05, 0.1) is 12.7 Å². The average molecular weight is 192 g/mol. The molecule has 0 bridgehead atoms. The molecule has 72 valence electrons. The van der Waals surface area contributed by atoms with Crippen molar-refractivity contribution in [1.82, 2.24) is 0 Å². The van der Waals surface area contributed by atoms with Crippen LogP contribution in [0.15, 0.2) is 0 Å². The highest BCUT2D eigenvalue weighted by Crippen LogP contribution is 2.08. The Labute approximate surface area is 76.7 Å². The molecule has 0 spiro atoms. The van der Waals surface area contributed by atoms with Gasteiger partial charge in [-0.25, -0.2) is 0 Å². The molecule has 1 unspecified atom stereocenters. The van der Waals surface area contributed by atoms with Gasteiger partial charge in [-0.3, -0.25) is 4.79 Å². The van der Waals surface area contributed by atoms with Crippen molar-refractivity contribution in [2.24, 2.45) is 0 Å². The molecule has 4 heteroatoms. The SMILES string of the molecule is C[S+]([O-])CCC(=O)OC(C)(C)C. The molecule has 12 heavy (non-hydrogen) atoms. The Morgan fingerprint density at radius 3 is 2.33 bits per heavy atom. The molecule has 0 fully saturated rings. The lowest BCUT2D eigenvalue weighted by molar-refractivity contribution is -0.154. The van der Waals surface area contributed by atoms with E-state index in [9.17, 15) is 9.35 Å². The zero-order chi connectivity index (χ0) is 9.78. The summed E-state index contributed by atoms with van der Waals surface area (Å²) in [5.74, 6) is 0.104. The van der Waals surface area contributed by atoms with Gasteiger partial charge in [-0.15, -0.1) is 0 Å². The Balaban J connectivity index is 3.61. The van der Waals surface area contributed by atoms with Crippen LogP contribution in [-0.4, -0.2) is 28.1 Å². The second-order valence-electron chi connectivity index (χ2n) is 3.61. The Morgan fingerprint density at radius 1 is 1.50 bits per heavy atom. The van der Waals surface area contributed by atoms with E-state index in [2.05, 4.69) is 0 Å². The first-order chi connectivity index (χ1) is 5.31. The standard InChI is InChI=1S/C8H16O3S/c1-8(2,3)11-7(9)5-6-12(4)10/h5-6H2,1-4H3. The fourth-order valence-corrected chi connectivity index (χ4v) is 1.07.